The zero-order chi connectivity index (χ0) is 15.9. The van der Waals surface area contributed by atoms with Crippen molar-refractivity contribution in [3.63, 3.8) is 0 Å². The second kappa shape index (κ2) is 7.49. The van der Waals surface area contributed by atoms with Gasteiger partial charge in [-0.2, -0.15) is 0 Å². The number of benzene rings is 1. The van der Waals surface area contributed by atoms with Crippen LogP contribution in [0.15, 0.2) is 42.9 Å². The number of hydrogen-bond donors (Lipinski definition) is 2. The summed E-state index contributed by atoms with van der Waals surface area (Å²) in [7, 11) is 0. The number of hydrogen-bond acceptors (Lipinski definition) is 4. The van der Waals surface area contributed by atoms with Gasteiger partial charge in [-0.3, -0.25) is 14.8 Å². The highest BCUT2D eigenvalue weighted by Gasteiger charge is 2.04. The average Bonchev–Trinajstić information content (AvgIpc) is 3.00. The lowest BCUT2D eigenvalue weighted by Gasteiger charge is -2.04. The molecule has 2 N–H and O–H groups in total. The van der Waals surface area contributed by atoms with Gasteiger partial charge in [-0.25, -0.2) is 4.98 Å². The van der Waals surface area contributed by atoms with Gasteiger partial charge in [-0.15, -0.1) is 0 Å². The number of aryl methyl sites for hydroxylation is 2. The summed E-state index contributed by atoms with van der Waals surface area (Å²) in [4.78, 5) is 27.7. The SMILES string of the molecule is O=C(CCc1cnccn1)NCCCc1nc2ccccc2[nH]1. The Bertz CT molecular complexity index is 736. The van der Waals surface area contributed by atoms with E-state index in [0.29, 0.717) is 19.4 Å². The summed E-state index contributed by atoms with van der Waals surface area (Å²) in [5.74, 6) is 1.00. The number of nitrogens with zero attached hydrogens (tertiary/aromatic N) is 3. The monoisotopic (exact) mass is 309 g/mol. The molecule has 2 heterocycles. The van der Waals surface area contributed by atoms with Gasteiger partial charge in [0.15, 0.2) is 0 Å². The van der Waals surface area contributed by atoms with E-state index in [-0.39, 0.29) is 5.91 Å². The Balaban J connectivity index is 1.37. The van der Waals surface area contributed by atoms with Crippen molar-refractivity contribution in [3.8, 4) is 0 Å². The minimum Gasteiger partial charge on any atom is -0.356 e. The van der Waals surface area contributed by atoms with Crippen LogP contribution in [0.5, 0.6) is 0 Å². The third-order valence-electron chi connectivity index (χ3n) is 3.58. The molecular weight excluding hydrogens is 290 g/mol. The van der Waals surface area contributed by atoms with E-state index in [1.165, 1.54) is 0 Å². The molecule has 0 saturated carbocycles. The average molecular weight is 309 g/mol. The fourth-order valence-electron chi connectivity index (χ4n) is 2.40. The van der Waals surface area contributed by atoms with Crippen LogP contribution in [0, 0.1) is 0 Å². The minimum atomic E-state index is 0.0419. The number of nitrogens with one attached hydrogen (secondary N) is 2. The predicted molar refractivity (Wildman–Crippen MR) is 87.8 cm³/mol. The number of fused-ring (bicyclic) bond motifs is 1. The van der Waals surface area contributed by atoms with Crippen molar-refractivity contribution >= 4 is 16.9 Å². The molecule has 118 valence electrons. The van der Waals surface area contributed by atoms with Crippen molar-refractivity contribution in [2.24, 2.45) is 0 Å². The van der Waals surface area contributed by atoms with E-state index in [4.69, 9.17) is 0 Å². The topological polar surface area (TPSA) is 83.6 Å². The Labute approximate surface area is 134 Å². The van der Waals surface area contributed by atoms with Gasteiger partial charge in [0.1, 0.15) is 5.82 Å². The minimum absolute atomic E-state index is 0.0419. The van der Waals surface area contributed by atoms with Crippen LogP contribution in [0.1, 0.15) is 24.4 Å². The number of rotatable bonds is 7. The molecule has 23 heavy (non-hydrogen) atoms. The van der Waals surface area contributed by atoms with E-state index in [9.17, 15) is 4.79 Å². The first-order chi connectivity index (χ1) is 11.3. The van der Waals surface area contributed by atoms with Crippen molar-refractivity contribution in [1.29, 1.82) is 0 Å². The standard InChI is InChI=1S/C17H19N5O/c23-17(8-7-13-12-18-10-11-19-13)20-9-3-6-16-21-14-4-1-2-5-15(14)22-16/h1-2,4-5,10-12H,3,6-9H2,(H,20,23)(H,21,22). The quantitative estimate of drug-likeness (QED) is 0.654. The van der Waals surface area contributed by atoms with Crippen LogP contribution in [-0.2, 0) is 17.6 Å². The number of H-pyrrole nitrogens is 1. The third kappa shape index (κ3) is 4.35. The Morgan fingerprint density at radius 2 is 2.09 bits per heavy atom. The molecule has 3 rings (SSSR count). The maximum absolute atomic E-state index is 11.8. The van der Waals surface area contributed by atoms with Crippen molar-refractivity contribution in [2.75, 3.05) is 6.54 Å². The van der Waals surface area contributed by atoms with Gasteiger partial charge in [0.05, 0.1) is 16.7 Å². The highest BCUT2D eigenvalue weighted by atomic mass is 16.1. The molecule has 0 aliphatic heterocycles. The first-order valence-corrected chi connectivity index (χ1v) is 7.76. The molecule has 6 nitrogen and oxygen atoms in total. The largest absolute Gasteiger partial charge is 0.356 e. The number of carbonyl (C=O) groups is 1. The molecule has 0 saturated heterocycles. The third-order valence-corrected chi connectivity index (χ3v) is 3.58. The van der Waals surface area contributed by atoms with Crippen LogP contribution in [0.2, 0.25) is 0 Å². The maximum atomic E-state index is 11.8. The summed E-state index contributed by atoms with van der Waals surface area (Å²) in [6, 6.07) is 7.97. The number of aromatic nitrogens is 4. The lowest BCUT2D eigenvalue weighted by molar-refractivity contribution is -0.121. The van der Waals surface area contributed by atoms with Crippen LogP contribution in [0.3, 0.4) is 0 Å². The molecule has 3 aromatic rings. The van der Waals surface area contributed by atoms with Gasteiger partial charge in [0.2, 0.25) is 5.91 Å². The zero-order valence-corrected chi connectivity index (χ0v) is 12.8. The number of para-hydroxylation sites is 2. The smallest absolute Gasteiger partial charge is 0.220 e. The Morgan fingerprint density at radius 1 is 1.17 bits per heavy atom. The molecule has 0 aliphatic rings. The highest BCUT2D eigenvalue weighted by molar-refractivity contribution is 5.76. The van der Waals surface area contributed by atoms with Crippen molar-refractivity contribution < 1.29 is 4.79 Å². The second-order valence-corrected chi connectivity index (χ2v) is 5.35. The molecule has 0 fully saturated rings. The van der Waals surface area contributed by atoms with Gasteiger partial charge >= 0.3 is 0 Å². The van der Waals surface area contributed by atoms with Gasteiger partial charge in [-0.05, 0) is 25.0 Å². The van der Waals surface area contributed by atoms with Crippen molar-refractivity contribution in [2.45, 2.75) is 25.7 Å². The molecule has 0 unspecified atom stereocenters. The van der Waals surface area contributed by atoms with E-state index in [1.807, 2.05) is 24.3 Å². The first-order valence-electron chi connectivity index (χ1n) is 7.76. The van der Waals surface area contributed by atoms with Crippen molar-refractivity contribution in [3.05, 3.63) is 54.4 Å². The van der Waals surface area contributed by atoms with E-state index in [2.05, 4.69) is 25.3 Å². The lowest BCUT2D eigenvalue weighted by atomic mass is 10.2. The highest BCUT2D eigenvalue weighted by Crippen LogP contribution is 2.11. The number of carbonyl (C=O) groups excluding carboxylic acids is 1. The Hall–Kier alpha value is -2.76. The summed E-state index contributed by atoms with van der Waals surface area (Å²) in [5, 5.41) is 2.93. The zero-order valence-electron chi connectivity index (χ0n) is 12.8. The molecule has 2 aromatic heterocycles. The number of amides is 1. The fraction of sp³-hybridized carbons (Fsp3) is 0.294. The fourth-order valence-corrected chi connectivity index (χ4v) is 2.40. The van der Waals surface area contributed by atoms with Crippen LogP contribution >= 0.6 is 0 Å². The molecule has 0 spiro atoms. The van der Waals surface area contributed by atoms with Crippen LogP contribution in [0.4, 0.5) is 0 Å². The van der Waals surface area contributed by atoms with Gasteiger partial charge in [0.25, 0.3) is 0 Å². The second-order valence-electron chi connectivity index (χ2n) is 5.35. The normalized spacial score (nSPS) is 10.8. The van der Waals surface area contributed by atoms with E-state index >= 15 is 0 Å². The van der Waals surface area contributed by atoms with E-state index in [1.54, 1.807) is 18.6 Å². The Morgan fingerprint density at radius 3 is 2.91 bits per heavy atom. The summed E-state index contributed by atoms with van der Waals surface area (Å²) in [6.45, 7) is 0.649. The molecule has 6 heteroatoms. The van der Waals surface area contributed by atoms with Crippen LogP contribution in [0.25, 0.3) is 11.0 Å². The van der Waals surface area contributed by atoms with E-state index in [0.717, 1.165) is 35.4 Å². The summed E-state index contributed by atoms with van der Waals surface area (Å²) >= 11 is 0. The molecule has 0 radical (unpaired) electrons. The maximum Gasteiger partial charge on any atom is 0.220 e. The van der Waals surface area contributed by atoms with Crippen LogP contribution in [-0.4, -0.2) is 32.4 Å². The summed E-state index contributed by atoms with van der Waals surface area (Å²) in [6.07, 6.45) is 7.68. The molecular formula is C17H19N5O. The molecule has 0 atom stereocenters. The van der Waals surface area contributed by atoms with Crippen molar-refractivity contribution in [1.82, 2.24) is 25.3 Å². The first kappa shape index (κ1) is 15.1. The Kier molecular flexibility index (Phi) is 4.93. The molecule has 1 amide bonds. The predicted octanol–water partition coefficient (Wildman–Crippen LogP) is 2.03. The lowest BCUT2D eigenvalue weighted by Crippen LogP contribution is -2.25. The van der Waals surface area contributed by atoms with Gasteiger partial charge in [-0.1, -0.05) is 12.1 Å². The molecule has 0 bridgehead atoms. The summed E-state index contributed by atoms with van der Waals surface area (Å²) < 4.78 is 0. The van der Waals surface area contributed by atoms with E-state index < -0.39 is 0 Å². The van der Waals surface area contributed by atoms with Gasteiger partial charge in [0, 0.05) is 38.0 Å². The molecule has 1 aromatic carbocycles. The summed E-state index contributed by atoms with van der Waals surface area (Å²) in [5.41, 5.74) is 2.87. The van der Waals surface area contributed by atoms with Crippen LogP contribution < -0.4 is 5.32 Å². The number of aromatic amines is 1. The van der Waals surface area contributed by atoms with Gasteiger partial charge < -0.3 is 10.3 Å². The number of imidazole rings is 1. The molecule has 0 aliphatic carbocycles.